The van der Waals surface area contributed by atoms with E-state index >= 15 is 0 Å². The lowest BCUT2D eigenvalue weighted by Gasteiger charge is -2.34. The number of benzene rings is 1. The summed E-state index contributed by atoms with van der Waals surface area (Å²) < 4.78 is 6.91. The molecule has 1 aliphatic rings. The minimum Gasteiger partial charge on any atom is -0.378 e. The normalized spacial score (nSPS) is 16.3. The molecule has 0 bridgehead atoms. The van der Waals surface area contributed by atoms with Gasteiger partial charge < -0.3 is 15.0 Å². The summed E-state index contributed by atoms with van der Waals surface area (Å²) in [5.41, 5.74) is 0. The summed E-state index contributed by atoms with van der Waals surface area (Å²) >= 11 is 5.52. The molecule has 0 atom stereocenters. The number of ether oxygens (including phenoxy) is 1. The van der Waals surface area contributed by atoms with Crippen molar-refractivity contribution < 1.29 is 4.74 Å². The van der Waals surface area contributed by atoms with Gasteiger partial charge in [-0.15, -0.1) is 11.8 Å². The van der Waals surface area contributed by atoms with Crippen LogP contribution in [0.15, 0.2) is 38.6 Å². The molecule has 4 nitrogen and oxygen atoms in total. The average Bonchev–Trinajstić information content (AvgIpc) is 2.64. The van der Waals surface area contributed by atoms with E-state index in [1.807, 2.05) is 18.8 Å². The molecule has 0 unspecified atom stereocenters. The molecule has 0 radical (unpaired) electrons. The third kappa shape index (κ3) is 7.19. The molecule has 1 saturated heterocycles. The van der Waals surface area contributed by atoms with Gasteiger partial charge in [-0.05, 0) is 66.4 Å². The molecule has 0 aromatic heterocycles. The van der Waals surface area contributed by atoms with Gasteiger partial charge in [-0.25, -0.2) is 0 Å². The fraction of sp³-hybridized carbons (Fsp3) is 0.632. The summed E-state index contributed by atoms with van der Waals surface area (Å²) in [5.74, 6) is 2.18. The van der Waals surface area contributed by atoms with Crippen LogP contribution in [-0.4, -0.2) is 56.0 Å². The minimum absolute atomic E-state index is 0.425. The van der Waals surface area contributed by atoms with Crippen molar-refractivity contribution in [1.29, 1.82) is 0 Å². The molecule has 0 saturated carbocycles. The second-order valence-corrected chi connectivity index (χ2v) is 8.09. The highest BCUT2D eigenvalue weighted by atomic mass is 79.9. The van der Waals surface area contributed by atoms with Gasteiger partial charge in [0.05, 0.1) is 6.10 Å². The van der Waals surface area contributed by atoms with E-state index < -0.39 is 0 Å². The molecule has 1 N–H and O–H groups in total. The van der Waals surface area contributed by atoms with E-state index in [0.717, 1.165) is 57.2 Å². The molecule has 1 aromatic rings. The van der Waals surface area contributed by atoms with Crippen molar-refractivity contribution >= 4 is 33.7 Å². The number of halogens is 1. The molecule has 0 aliphatic carbocycles. The van der Waals surface area contributed by atoms with Gasteiger partial charge in [-0.3, -0.25) is 4.99 Å². The highest BCUT2D eigenvalue weighted by molar-refractivity contribution is 9.10. The SMILES string of the molecule is CCOC1CCN(C(=NC)NCCCCSc2ccccc2Br)CC1. The highest BCUT2D eigenvalue weighted by Gasteiger charge is 2.21. The number of unbranched alkanes of at least 4 members (excludes halogenated alkanes) is 1. The Balaban J connectivity index is 1.59. The van der Waals surface area contributed by atoms with Crippen LogP contribution in [-0.2, 0) is 4.74 Å². The Hall–Kier alpha value is -0.720. The van der Waals surface area contributed by atoms with Crippen LogP contribution >= 0.6 is 27.7 Å². The Morgan fingerprint density at radius 3 is 2.76 bits per heavy atom. The lowest BCUT2D eigenvalue weighted by molar-refractivity contribution is 0.0264. The second kappa shape index (κ2) is 11.8. The van der Waals surface area contributed by atoms with Crippen LogP contribution < -0.4 is 5.32 Å². The standard InChI is InChI=1S/C19H30BrN3OS/c1-3-24-16-10-13-23(14-11-16)19(21-2)22-12-6-7-15-25-18-9-5-4-8-17(18)20/h4-5,8-9,16H,3,6-7,10-15H2,1-2H3,(H,21,22). The van der Waals surface area contributed by atoms with Gasteiger partial charge in [-0.1, -0.05) is 12.1 Å². The molecule has 1 aromatic carbocycles. The van der Waals surface area contributed by atoms with Crippen LogP contribution in [0.5, 0.6) is 0 Å². The number of nitrogens with one attached hydrogen (secondary N) is 1. The number of guanidine groups is 1. The first-order valence-electron chi connectivity index (χ1n) is 9.19. The van der Waals surface area contributed by atoms with Crippen LogP contribution in [0.25, 0.3) is 0 Å². The molecule has 0 amide bonds. The van der Waals surface area contributed by atoms with Gasteiger partial charge in [0.1, 0.15) is 0 Å². The summed E-state index contributed by atoms with van der Waals surface area (Å²) in [6.07, 6.45) is 4.97. The molecule has 1 heterocycles. The smallest absolute Gasteiger partial charge is 0.193 e. The highest BCUT2D eigenvalue weighted by Crippen LogP contribution is 2.27. The van der Waals surface area contributed by atoms with Gasteiger partial charge in [0.15, 0.2) is 5.96 Å². The minimum atomic E-state index is 0.425. The molecular formula is C19H30BrN3OS. The third-order valence-corrected chi connectivity index (χ3v) is 6.42. The molecule has 1 fully saturated rings. The number of likely N-dealkylation sites (tertiary alicyclic amines) is 1. The van der Waals surface area contributed by atoms with Gasteiger partial charge >= 0.3 is 0 Å². The van der Waals surface area contributed by atoms with Crippen molar-refractivity contribution in [2.75, 3.05) is 39.0 Å². The second-order valence-electron chi connectivity index (χ2n) is 6.10. The monoisotopic (exact) mass is 427 g/mol. The van der Waals surface area contributed by atoms with E-state index in [-0.39, 0.29) is 0 Å². The summed E-state index contributed by atoms with van der Waals surface area (Å²) in [6.45, 7) is 5.93. The van der Waals surface area contributed by atoms with Crippen LogP contribution in [0.1, 0.15) is 32.6 Å². The third-order valence-electron chi connectivity index (χ3n) is 4.30. The van der Waals surface area contributed by atoms with Crippen LogP contribution in [0, 0.1) is 0 Å². The first-order valence-corrected chi connectivity index (χ1v) is 11.0. The van der Waals surface area contributed by atoms with Crippen molar-refractivity contribution in [3.8, 4) is 0 Å². The predicted octanol–water partition coefficient (Wildman–Crippen LogP) is 4.40. The number of rotatable bonds is 8. The predicted molar refractivity (Wildman–Crippen MR) is 112 cm³/mol. The van der Waals surface area contributed by atoms with Crippen molar-refractivity contribution in [1.82, 2.24) is 10.2 Å². The van der Waals surface area contributed by atoms with Crippen LogP contribution in [0.4, 0.5) is 0 Å². The lowest BCUT2D eigenvalue weighted by atomic mass is 10.1. The molecule has 1 aliphatic heterocycles. The maximum absolute atomic E-state index is 5.72. The molecule has 140 valence electrons. The molecule has 0 spiro atoms. The molecular weight excluding hydrogens is 398 g/mol. The quantitative estimate of drug-likeness (QED) is 0.288. The van der Waals surface area contributed by atoms with E-state index in [0.29, 0.717) is 6.10 Å². The first-order chi connectivity index (χ1) is 12.2. The number of hydrogen-bond acceptors (Lipinski definition) is 3. The number of piperidine rings is 1. The maximum Gasteiger partial charge on any atom is 0.193 e. The summed E-state index contributed by atoms with van der Waals surface area (Å²) in [4.78, 5) is 8.11. The number of aliphatic imine (C=N–C) groups is 1. The van der Waals surface area contributed by atoms with E-state index in [4.69, 9.17) is 4.74 Å². The number of thioether (sulfide) groups is 1. The number of nitrogens with zero attached hydrogens (tertiary/aromatic N) is 2. The van der Waals surface area contributed by atoms with E-state index in [2.05, 4.69) is 62.3 Å². The largest absolute Gasteiger partial charge is 0.378 e. The summed E-state index contributed by atoms with van der Waals surface area (Å²) in [7, 11) is 1.87. The number of hydrogen-bond donors (Lipinski definition) is 1. The Labute approximate surface area is 164 Å². The molecule has 6 heteroatoms. The fourth-order valence-electron chi connectivity index (χ4n) is 2.97. The van der Waals surface area contributed by atoms with Gasteiger partial charge in [0.25, 0.3) is 0 Å². The van der Waals surface area contributed by atoms with Gasteiger partial charge in [-0.2, -0.15) is 0 Å². The Morgan fingerprint density at radius 1 is 1.32 bits per heavy atom. The van der Waals surface area contributed by atoms with E-state index in [1.165, 1.54) is 15.8 Å². The summed E-state index contributed by atoms with van der Waals surface area (Å²) in [6, 6.07) is 8.41. The van der Waals surface area contributed by atoms with Crippen LogP contribution in [0.3, 0.4) is 0 Å². The van der Waals surface area contributed by atoms with Crippen molar-refractivity contribution in [3.05, 3.63) is 28.7 Å². The van der Waals surface area contributed by atoms with Crippen molar-refractivity contribution in [3.63, 3.8) is 0 Å². The Bertz CT molecular complexity index is 533. The van der Waals surface area contributed by atoms with Crippen molar-refractivity contribution in [2.24, 2.45) is 4.99 Å². The fourth-order valence-corrected chi connectivity index (χ4v) is 4.55. The molecule has 25 heavy (non-hydrogen) atoms. The first kappa shape index (κ1) is 20.6. The zero-order valence-electron chi connectivity index (χ0n) is 15.3. The van der Waals surface area contributed by atoms with Crippen molar-refractivity contribution in [2.45, 2.75) is 43.6 Å². The average molecular weight is 428 g/mol. The van der Waals surface area contributed by atoms with E-state index in [1.54, 1.807) is 0 Å². The van der Waals surface area contributed by atoms with Crippen LogP contribution in [0.2, 0.25) is 0 Å². The lowest BCUT2D eigenvalue weighted by Crippen LogP contribution is -2.47. The Morgan fingerprint density at radius 2 is 2.08 bits per heavy atom. The summed E-state index contributed by atoms with van der Waals surface area (Å²) in [5, 5.41) is 3.51. The van der Waals surface area contributed by atoms with E-state index in [9.17, 15) is 0 Å². The van der Waals surface area contributed by atoms with Gasteiger partial charge in [0, 0.05) is 42.7 Å². The topological polar surface area (TPSA) is 36.9 Å². The zero-order chi connectivity index (χ0) is 17.9. The molecule has 2 rings (SSSR count). The Kier molecular flexibility index (Phi) is 9.73. The van der Waals surface area contributed by atoms with Gasteiger partial charge in [0.2, 0.25) is 0 Å². The maximum atomic E-state index is 5.72. The zero-order valence-corrected chi connectivity index (χ0v) is 17.7.